The first-order chi connectivity index (χ1) is 8.07. The lowest BCUT2D eigenvalue weighted by Gasteiger charge is -2.56. The quantitative estimate of drug-likeness (QED) is 0.757. The molecule has 1 fully saturated rings. The minimum absolute atomic E-state index is 0.295. The zero-order chi connectivity index (χ0) is 14.2. The van der Waals surface area contributed by atoms with E-state index in [1.807, 2.05) is 0 Å². The topological polar surface area (TPSA) is 12.0 Å². The molecule has 1 heteroatoms. The molecule has 0 aromatic carbocycles. The molecule has 0 amide bonds. The normalized spacial score (nSPS) is 36.7. The first kappa shape index (κ1) is 16.0. The Balaban J connectivity index is 3.01. The van der Waals surface area contributed by atoms with Crippen LogP contribution in [-0.2, 0) is 0 Å². The predicted octanol–water partition coefficient (Wildman–Crippen LogP) is 4.86. The van der Waals surface area contributed by atoms with Crippen LogP contribution in [0.1, 0.15) is 74.1 Å². The number of nitrogens with one attached hydrogen (secondary N) is 1. The molecular formula is C17H35N. The highest BCUT2D eigenvalue weighted by Crippen LogP contribution is 2.52. The van der Waals surface area contributed by atoms with Crippen LogP contribution in [0.2, 0.25) is 0 Å². The molecule has 0 heterocycles. The Hall–Kier alpha value is -0.0400. The molecular weight excluding hydrogens is 218 g/mol. The molecule has 1 nitrogen and oxygen atoms in total. The molecule has 0 aromatic rings. The zero-order valence-corrected chi connectivity index (χ0v) is 14.0. The van der Waals surface area contributed by atoms with Crippen LogP contribution in [0.25, 0.3) is 0 Å². The van der Waals surface area contributed by atoms with Crippen molar-refractivity contribution in [2.45, 2.75) is 79.7 Å². The smallest absolute Gasteiger partial charge is 0.0211 e. The first-order valence-electron chi connectivity index (χ1n) is 7.75. The van der Waals surface area contributed by atoms with Gasteiger partial charge >= 0.3 is 0 Å². The van der Waals surface area contributed by atoms with Crippen LogP contribution in [-0.4, -0.2) is 12.6 Å². The summed E-state index contributed by atoms with van der Waals surface area (Å²) in [4.78, 5) is 0. The van der Waals surface area contributed by atoms with E-state index in [1.54, 1.807) is 0 Å². The van der Waals surface area contributed by atoms with Crippen molar-refractivity contribution in [3.63, 3.8) is 0 Å². The van der Waals surface area contributed by atoms with Gasteiger partial charge < -0.3 is 5.32 Å². The summed E-state index contributed by atoms with van der Waals surface area (Å²) in [5.41, 5.74) is 1.20. The Kier molecular flexibility index (Phi) is 4.58. The van der Waals surface area contributed by atoms with Crippen molar-refractivity contribution >= 4 is 0 Å². The van der Waals surface area contributed by atoms with Gasteiger partial charge in [0.2, 0.25) is 0 Å². The van der Waals surface area contributed by atoms with E-state index >= 15 is 0 Å². The van der Waals surface area contributed by atoms with Gasteiger partial charge in [0.1, 0.15) is 0 Å². The summed E-state index contributed by atoms with van der Waals surface area (Å²) in [6.45, 7) is 16.9. The fraction of sp³-hybridized carbons (Fsp3) is 1.00. The third-order valence-electron chi connectivity index (χ3n) is 5.46. The van der Waals surface area contributed by atoms with E-state index in [0.29, 0.717) is 16.4 Å². The van der Waals surface area contributed by atoms with Crippen molar-refractivity contribution in [1.29, 1.82) is 0 Å². The molecule has 18 heavy (non-hydrogen) atoms. The maximum atomic E-state index is 3.71. The summed E-state index contributed by atoms with van der Waals surface area (Å²) in [5.74, 6) is 1.58. The second kappa shape index (κ2) is 5.15. The predicted molar refractivity (Wildman–Crippen MR) is 81.8 cm³/mol. The van der Waals surface area contributed by atoms with Crippen molar-refractivity contribution in [2.75, 3.05) is 7.05 Å². The largest absolute Gasteiger partial charge is 0.314 e. The molecule has 3 atom stereocenters. The van der Waals surface area contributed by atoms with Gasteiger partial charge in [-0.2, -0.15) is 0 Å². The number of rotatable bonds is 3. The van der Waals surface area contributed by atoms with Gasteiger partial charge in [-0.1, -0.05) is 48.0 Å². The maximum absolute atomic E-state index is 3.71. The lowest BCUT2D eigenvalue weighted by atomic mass is 9.53. The van der Waals surface area contributed by atoms with Crippen LogP contribution >= 0.6 is 0 Å². The molecule has 1 rings (SSSR count). The van der Waals surface area contributed by atoms with Crippen LogP contribution in [0.3, 0.4) is 0 Å². The van der Waals surface area contributed by atoms with Crippen molar-refractivity contribution < 1.29 is 0 Å². The molecule has 108 valence electrons. The molecule has 1 unspecified atom stereocenters. The highest BCUT2D eigenvalue weighted by Gasteiger charge is 2.50. The van der Waals surface area contributed by atoms with E-state index in [0.717, 1.165) is 11.8 Å². The average molecular weight is 253 g/mol. The molecule has 1 N–H and O–H groups in total. The van der Waals surface area contributed by atoms with Gasteiger partial charge in [-0.05, 0) is 55.9 Å². The zero-order valence-electron chi connectivity index (χ0n) is 14.0. The molecule has 1 saturated carbocycles. The van der Waals surface area contributed by atoms with Gasteiger partial charge in [-0.25, -0.2) is 0 Å². The number of hydrogen-bond donors (Lipinski definition) is 1. The second-order valence-corrected chi connectivity index (χ2v) is 8.48. The molecule has 0 aromatic heterocycles. The summed E-state index contributed by atoms with van der Waals surface area (Å²) in [5, 5.41) is 3.71. The van der Waals surface area contributed by atoms with Crippen LogP contribution in [0.4, 0.5) is 0 Å². The Morgan fingerprint density at radius 2 is 1.72 bits per heavy atom. The third kappa shape index (κ3) is 3.10. The fourth-order valence-corrected chi connectivity index (χ4v) is 4.52. The molecule has 0 bridgehead atoms. The Bertz CT molecular complexity index is 274. The van der Waals surface area contributed by atoms with Crippen molar-refractivity contribution in [1.82, 2.24) is 5.32 Å². The van der Waals surface area contributed by atoms with Crippen molar-refractivity contribution in [3.8, 4) is 0 Å². The van der Waals surface area contributed by atoms with E-state index in [1.165, 1.54) is 25.7 Å². The monoisotopic (exact) mass is 253 g/mol. The van der Waals surface area contributed by atoms with Gasteiger partial charge in [0.25, 0.3) is 0 Å². The standard InChI is InChI=1S/C17H35N/c1-9-14-16(5,6)11-10-13(12-15(2,3)4)17(14,7)18-8/h13-14,18H,9-12H2,1-8H3/t13-,14-,17?/m1/s1. The Morgan fingerprint density at radius 3 is 2.11 bits per heavy atom. The van der Waals surface area contributed by atoms with Crippen molar-refractivity contribution in [3.05, 3.63) is 0 Å². The van der Waals surface area contributed by atoms with Crippen LogP contribution in [0.15, 0.2) is 0 Å². The first-order valence-corrected chi connectivity index (χ1v) is 7.75. The molecule has 0 saturated heterocycles. The summed E-state index contributed by atoms with van der Waals surface area (Å²) >= 11 is 0. The van der Waals surface area contributed by atoms with Gasteiger partial charge in [0.05, 0.1) is 0 Å². The highest BCUT2D eigenvalue weighted by molar-refractivity contribution is 5.05. The van der Waals surface area contributed by atoms with Gasteiger partial charge in [-0.3, -0.25) is 0 Å². The minimum Gasteiger partial charge on any atom is -0.314 e. The summed E-state index contributed by atoms with van der Waals surface area (Å²) < 4.78 is 0. The molecule has 0 radical (unpaired) electrons. The molecule has 0 aliphatic heterocycles. The maximum Gasteiger partial charge on any atom is 0.0211 e. The van der Waals surface area contributed by atoms with E-state index in [4.69, 9.17) is 0 Å². The highest BCUT2D eigenvalue weighted by atomic mass is 15.0. The van der Waals surface area contributed by atoms with E-state index < -0.39 is 0 Å². The summed E-state index contributed by atoms with van der Waals surface area (Å²) in [7, 11) is 2.17. The lowest BCUT2D eigenvalue weighted by molar-refractivity contribution is -0.0220. The van der Waals surface area contributed by atoms with Crippen LogP contribution in [0.5, 0.6) is 0 Å². The molecule has 1 aliphatic carbocycles. The number of hydrogen-bond acceptors (Lipinski definition) is 1. The minimum atomic E-state index is 0.295. The van der Waals surface area contributed by atoms with Gasteiger partial charge in [0.15, 0.2) is 0 Å². The molecule has 0 spiro atoms. The molecule has 1 aliphatic rings. The van der Waals surface area contributed by atoms with Crippen LogP contribution in [0, 0.1) is 22.7 Å². The second-order valence-electron chi connectivity index (χ2n) is 8.48. The van der Waals surface area contributed by atoms with Crippen LogP contribution < -0.4 is 5.32 Å². The fourth-order valence-electron chi connectivity index (χ4n) is 4.52. The van der Waals surface area contributed by atoms with Gasteiger partial charge in [0, 0.05) is 5.54 Å². The van der Waals surface area contributed by atoms with Crippen molar-refractivity contribution in [2.24, 2.45) is 22.7 Å². The Morgan fingerprint density at radius 1 is 1.17 bits per heavy atom. The van der Waals surface area contributed by atoms with Gasteiger partial charge in [-0.15, -0.1) is 0 Å². The summed E-state index contributed by atoms with van der Waals surface area (Å²) in [6, 6.07) is 0. The Labute approximate surface area is 115 Å². The lowest BCUT2D eigenvalue weighted by Crippen LogP contribution is -2.60. The SMILES string of the molecule is CC[C@@H]1C(C)(C)CC[C@H](CC(C)(C)C)C1(C)NC. The van der Waals surface area contributed by atoms with E-state index in [9.17, 15) is 0 Å². The third-order valence-corrected chi connectivity index (χ3v) is 5.46. The average Bonchev–Trinajstić information content (AvgIpc) is 2.21. The summed E-state index contributed by atoms with van der Waals surface area (Å²) in [6.07, 6.45) is 5.36. The van der Waals surface area contributed by atoms with E-state index in [-0.39, 0.29) is 0 Å². The van der Waals surface area contributed by atoms with E-state index in [2.05, 4.69) is 60.8 Å².